The van der Waals surface area contributed by atoms with Crippen LogP contribution in [-0.4, -0.2) is 18.9 Å². The Kier molecular flexibility index (Phi) is 2.40. The van der Waals surface area contributed by atoms with Crippen LogP contribution >= 0.6 is 11.6 Å². The molecular formula is C13H14ClNO. The van der Waals surface area contributed by atoms with Crippen LogP contribution in [0.15, 0.2) is 18.2 Å². The molecule has 0 amide bonds. The van der Waals surface area contributed by atoms with Gasteiger partial charge in [-0.3, -0.25) is 4.79 Å². The van der Waals surface area contributed by atoms with Crippen LogP contribution in [-0.2, 0) is 0 Å². The third-order valence-corrected chi connectivity index (χ3v) is 4.18. The molecule has 1 aromatic carbocycles. The summed E-state index contributed by atoms with van der Waals surface area (Å²) in [7, 11) is 0. The van der Waals surface area contributed by atoms with Crippen molar-refractivity contribution in [3.05, 3.63) is 28.8 Å². The Morgan fingerprint density at radius 1 is 1.38 bits per heavy atom. The van der Waals surface area contributed by atoms with Crippen molar-refractivity contribution < 1.29 is 4.79 Å². The van der Waals surface area contributed by atoms with E-state index in [2.05, 4.69) is 4.90 Å². The molecule has 2 aliphatic rings. The van der Waals surface area contributed by atoms with Crippen molar-refractivity contribution in [2.75, 3.05) is 11.4 Å². The number of carbonyl (C=O) groups is 1. The molecule has 1 aliphatic heterocycles. The van der Waals surface area contributed by atoms with Gasteiger partial charge in [-0.05, 0) is 43.4 Å². The summed E-state index contributed by atoms with van der Waals surface area (Å²) in [6.45, 7) is 1.15. The first-order valence-corrected chi connectivity index (χ1v) is 6.17. The third-order valence-electron chi connectivity index (χ3n) is 3.85. The molecule has 2 bridgehead atoms. The summed E-state index contributed by atoms with van der Waals surface area (Å²) < 4.78 is 0. The van der Waals surface area contributed by atoms with Gasteiger partial charge in [0.25, 0.3) is 0 Å². The van der Waals surface area contributed by atoms with Crippen molar-refractivity contribution in [3.8, 4) is 0 Å². The van der Waals surface area contributed by atoms with Crippen molar-refractivity contribution >= 4 is 23.6 Å². The maximum absolute atomic E-state index is 10.7. The van der Waals surface area contributed by atoms with Gasteiger partial charge in [-0.2, -0.15) is 0 Å². The first-order chi connectivity index (χ1) is 7.78. The minimum absolute atomic E-state index is 0.565. The Morgan fingerprint density at radius 3 is 2.81 bits per heavy atom. The van der Waals surface area contributed by atoms with Gasteiger partial charge < -0.3 is 4.90 Å². The highest BCUT2D eigenvalue weighted by atomic mass is 35.5. The lowest BCUT2D eigenvalue weighted by Crippen LogP contribution is -2.31. The van der Waals surface area contributed by atoms with E-state index in [1.54, 1.807) is 0 Å². The van der Waals surface area contributed by atoms with Crippen LogP contribution in [0.3, 0.4) is 0 Å². The van der Waals surface area contributed by atoms with Crippen molar-refractivity contribution in [1.82, 2.24) is 0 Å². The SMILES string of the molecule is O=Cc1ccc(N2CC3CCC2C3)cc1Cl. The monoisotopic (exact) mass is 235 g/mol. The molecule has 1 aromatic rings. The summed E-state index contributed by atoms with van der Waals surface area (Å²) >= 11 is 6.05. The largest absolute Gasteiger partial charge is 0.368 e. The second-order valence-corrected chi connectivity index (χ2v) is 5.22. The zero-order valence-electron chi connectivity index (χ0n) is 9.03. The summed E-state index contributed by atoms with van der Waals surface area (Å²) in [6, 6.07) is 6.45. The second kappa shape index (κ2) is 3.77. The normalized spacial score (nSPS) is 27.4. The van der Waals surface area contributed by atoms with Crippen LogP contribution < -0.4 is 4.90 Å². The highest BCUT2D eigenvalue weighted by Gasteiger charge is 2.37. The zero-order valence-corrected chi connectivity index (χ0v) is 9.78. The summed E-state index contributed by atoms with van der Waals surface area (Å²) in [6.07, 6.45) is 4.81. The van der Waals surface area contributed by atoms with E-state index in [4.69, 9.17) is 11.6 Å². The van der Waals surface area contributed by atoms with Crippen LogP contribution in [0.5, 0.6) is 0 Å². The minimum atomic E-state index is 0.565. The summed E-state index contributed by atoms with van der Waals surface area (Å²) in [5.74, 6) is 0.870. The lowest BCUT2D eigenvalue weighted by molar-refractivity contribution is 0.112. The molecule has 2 nitrogen and oxygen atoms in total. The average molecular weight is 236 g/mol. The molecule has 2 unspecified atom stereocenters. The minimum Gasteiger partial charge on any atom is -0.368 e. The molecule has 0 aromatic heterocycles. The quantitative estimate of drug-likeness (QED) is 0.734. The van der Waals surface area contributed by atoms with Crippen LogP contribution in [0.1, 0.15) is 29.6 Å². The molecule has 2 fully saturated rings. The maximum atomic E-state index is 10.7. The molecule has 0 spiro atoms. The number of rotatable bonds is 2. The zero-order chi connectivity index (χ0) is 11.1. The number of halogens is 1. The van der Waals surface area contributed by atoms with Crippen molar-refractivity contribution in [2.24, 2.45) is 5.92 Å². The van der Waals surface area contributed by atoms with Gasteiger partial charge in [0.05, 0.1) is 5.02 Å². The van der Waals surface area contributed by atoms with Crippen molar-refractivity contribution in [2.45, 2.75) is 25.3 Å². The molecule has 3 rings (SSSR count). The van der Waals surface area contributed by atoms with Gasteiger partial charge >= 0.3 is 0 Å². The molecule has 16 heavy (non-hydrogen) atoms. The van der Waals surface area contributed by atoms with E-state index >= 15 is 0 Å². The Balaban J connectivity index is 1.90. The van der Waals surface area contributed by atoms with Gasteiger partial charge in [0.2, 0.25) is 0 Å². The van der Waals surface area contributed by atoms with E-state index in [-0.39, 0.29) is 0 Å². The Hall–Kier alpha value is -1.02. The molecule has 2 atom stereocenters. The summed E-state index contributed by atoms with van der Waals surface area (Å²) in [5, 5.41) is 0.565. The van der Waals surface area contributed by atoms with E-state index < -0.39 is 0 Å². The summed E-state index contributed by atoms with van der Waals surface area (Å²) in [4.78, 5) is 13.1. The fraction of sp³-hybridized carbons (Fsp3) is 0.462. The topological polar surface area (TPSA) is 20.3 Å². The van der Waals surface area contributed by atoms with Crippen LogP contribution in [0.4, 0.5) is 5.69 Å². The van der Waals surface area contributed by atoms with E-state index in [1.807, 2.05) is 18.2 Å². The van der Waals surface area contributed by atoms with Gasteiger partial charge in [-0.1, -0.05) is 11.6 Å². The van der Waals surface area contributed by atoms with Gasteiger partial charge in [0.15, 0.2) is 6.29 Å². The highest BCUT2D eigenvalue weighted by Crippen LogP contribution is 2.40. The number of benzene rings is 1. The molecular weight excluding hydrogens is 222 g/mol. The number of nitrogens with zero attached hydrogens (tertiary/aromatic N) is 1. The number of hydrogen-bond donors (Lipinski definition) is 0. The summed E-state index contributed by atoms with van der Waals surface area (Å²) in [5.41, 5.74) is 1.75. The molecule has 0 radical (unpaired) electrons. The second-order valence-electron chi connectivity index (χ2n) is 4.81. The molecule has 1 saturated heterocycles. The van der Waals surface area contributed by atoms with Gasteiger partial charge in [-0.15, -0.1) is 0 Å². The first-order valence-electron chi connectivity index (χ1n) is 5.79. The van der Waals surface area contributed by atoms with Gasteiger partial charge in [0.1, 0.15) is 0 Å². The van der Waals surface area contributed by atoms with E-state index in [1.165, 1.54) is 24.9 Å². The number of fused-ring (bicyclic) bond motifs is 2. The predicted molar refractivity (Wildman–Crippen MR) is 65.3 cm³/mol. The van der Waals surface area contributed by atoms with E-state index in [0.29, 0.717) is 16.6 Å². The van der Waals surface area contributed by atoms with Crippen LogP contribution in [0, 0.1) is 5.92 Å². The van der Waals surface area contributed by atoms with Gasteiger partial charge in [-0.25, -0.2) is 0 Å². The fourth-order valence-electron chi connectivity index (χ4n) is 3.03. The number of carbonyl (C=O) groups excluding carboxylic acids is 1. The molecule has 84 valence electrons. The first kappa shape index (κ1) is 10.2. The Bertz CT molecular complexity index is 432. The molecule has 1 saturated carbocycles. The van der Waals surface area contributed by atoms with Gasteiger partial charge in [0, 0.05) is 23.8 Å². The molecule has 0 N–H and O–H groups in total. The Morgan fingerprint density at radius 2 is 2.25 bits per heavy atom. The predicted octanol–water partition coefficient (Wildman–Crippen LogP) is 3.14. The lowest BCUT2D eigenvalue weighted by atomic mass is 10.1. The Labute approximate surface area is 100 Å². The smallest absolute Gasteiger partial charge is 0.151 e. The molecule has 1 heterocycles. The van der Waals surface area contributed by atoms with Crippen molar-refractivity contribution in [3.63, 3.8) is 0 Å². The molecule has 3 heteroatoms. The van der Waals surface area contributed by atoms with E-state index in [0.717, 1.165) is 18.7 Å². The molecule has 1 aliphatic carbocycles. The number of hydrogen-bond acceptors (Lipinski definition) is 2. The number of piperidine rings is 1. The average Bonchev–Trinajstić information content (AvgIpc) is 2.90. The fourth-order valence-corrected chi connectivity index (χ4v) is 3.25. The number of anilines is 1. The standard InChI is InChI=1S/C13H14ClNO/c14-13-6-12(4-2-10(13)8-16)15-7-9-1-3-11(15)5-9/h2,4,6,8-9,11H,1,3,5,7H2. The maximum Gasteiger partial charge on any atom is 0.151 e. The van der Waals surface area contributed by atoms with E-state index in [9.17, 15) is 4.79 Å². The number of aldehydes is 1. The van der Waals surface area contributed by atoms with Crippen LogP contribution in [0.2, 0.25) is 5.02 Å². The van der Waals surface area contributed by atoms with Crippen LogP contribution in [0.25, 0.3) is 0 Å². The third kappa shape index (κ3) is 1.52. The highest BCUT2D eigenvalue weighted by molar-refractivity contribution is 6.33. The lowest BCUT2D eigenvalue weighted by Gasteiger charge is -2.29. The van der Waals surface area contributed by atoms with Crippen molar-refractivity contribution in [1.29, 1.82) is 0 Å².